The Morgan fingerprint density at radius 2 is 1.81 bits per heavy atom. The van der Waals surface area contributed by atoms with E-state index in [0.717, 1.165) is 27.7 Å². The van der Waals surface area contributed by atoms with Gasteiger partial charge in [0.1, 0.15) is 9.84 Å². The number of hydrogen-bond donors (Lipinski definition) is 2. The number of carbonyl (C=O) groups is 1. The van der Waals surface area contributed by atoms with Crippen molar-refractivity contribution in [3.63, 3.8) is 0 Å². The summed E-state index contributed by atoms with van der Waals surface area (Å²) in [4.78, 5) is 14.6. The zero-order valence-corrected chi connectivity index (χ0v) is 16.0. The van der Waals surface area contributed by atoms with E-state index in [-0.39, 0.29) is 23.3 Å². The first-order valence-corrected chi connectivity index (χ1v) is 10.9. The van der Waals surface area contributed by atoms with Crippen molar-refractivity contribution < 1.29 is 13.2 Å². The molecule has 1 aromatic heterocycles. The van der Waals surface area contributed by atoms with Crippen molar-refractivity contribution >= 4 is 32.3 Å². The third-order valence-electron chi connectivity index (χ3n) is 5.22. The van der Waals surface area contributed by atoms with Gasteiger partial charge in [-0.15, -0.1) is 0 Å². The Balaban J connectivity index is 1.69. The van der Waals surface area contributed by atoms with Crippen molar-refractivity contribution in [3.8, 4) is 11.1 Å². The number of nitrogens with one attached hydrogen (secondary N) is 2. The first kappa shape index (κ1) is 17.8. The van der Waals surface area contributed by atoms with Crippen LogP contribution in [0.1, 0.15) is 31.2 Å². The van der Waals surface area contributed by atoms with Crippen molar-refractivity contribution in [3.05, 3.63) is 54.2 Å². The van der Waals surface area contributed by atoms with Crippen LogP contribution in [0, 0.1) is 0 Å². The number of fused-ring (bicyclic) bond motifs is 1. The fraction of sp³-hybridized carbons (Fsp3) is 0.286. The van der Waals surface area contributed by atoms with Gasteiger partial charge in [0.15, 0.2) is 0 Å². The van der Waals surface area contributed by atoms with Crippen LogP contribution < -0.4 is 5.32 Å². The second-order valence-corrected chi connectivity index (χ2v) is 9.50. The number of amides is 1. The van der Waals surface area contributed by atoms with Crippen LogP contribution in [0.3, 0.4) is 0 Å². The molecule has 0 atom stereocenters. The molecule has 27 heavy (non-hydrogen) atoms. The molecule has 0 aliphatic carbocycles. The van der Waals surface area contributed by atoms with Crippen LogP contribution in [0.2, 0.25) is 0 Å². The minimum Gasteiger partial charge on any atom is -0.361 e. The number of benzene rings is 2. The van der Waals surface area contributed by atoms with Crippen molar-refractivity contribution in [1.29, 1.82) is 0 Å². The Morgan fingerprint density at radius 1 is 1.07 bits per heavy atom. The predicted molar refractivity (Wildman–Crippen MR) is 109 cm³/mol. The van der Waals surface area contributed by atoms with Crippen LogP contribution in [0.4, 0.5) is 5.69 Å². The number of aromatic nitrogens is 1. The Hall–Kier alpha value is -2.60. The third kappa shape index (κ3) is 3.76. The third-order valence-corrected chi connectivity index (χ3v) is 6.94. The maximum absolute atomic E-state index is 11.7. The molecular formula is C21H22N2O3S. The molecule has 4 rings (SSSR count). The summed E-state index contributed by atoms with van der Waals surface area (Å²) in [7, 11) is -2.87. The van der Waals surface area contributed by atoms with Crippen molar-refractivity contribution in [1.82, 2.24) is 4.98 Å². The summed E-state index contributed by atoms with van der Waals surface area (Å²) in [5, 5.41) is 3.96. The lowest BCUT2D eigenvalue weighted by Gasteiger charge is -2.21. The SMILES string of the molecule is CC(=O)Nc1cccc(-c2ccc3[nH]cc(C4CCS(=O)(=O)CC4)c3c2)c1. The summed E-state index contributed by atoms with van der Waals surface area (Å²) < 4.78 is 23.5. The molecule has 2 N–H and O–H groups in total. The maximum Gasteiger partial charge on any atom is 0.221 e. The van der Waals surface area contributed by atoms with Crippen molar-refractivity contribution in [2.24, 2.45) is 0 Å². The van der Waals surface area contributed by atoms with Crippen LogP contribution in [0.25, 0.3) is 22.0 Å². The van der Waals surface area contributed by atoms with Gasteiger partial charge in [-0.25, -0.2) is 8.42 Å². The molecule has 0 unspecified atom stereocenters. The van der Waals surface area contributed by atoms with Gasteiger partial charge in [-0.2, -0.15) is 0 Å². The number of anilines is 1. The highest BCUT2D eigenvalue weighted by molar-refractivity contribution is 7.91. The molecule has 1 saturated heterocycles. The topological polar surface area (TPSA) is 79.0 Å². The molecule has 0 radical (unpaired) electrons. The van der Waals surface area contributed by atoms with E-state index < -0.39 is 9.84 Å². The zero-order valence-electron chi connectivity index (χ0n) is 15.2. The number of carbonyl (C=O) groups excluding carboxylic acids is 1. The van der Waals surface area contributed by atoms with Crippen molar-refractivity contribution in [2.45, 2.75) is 25.7 Å². The van der Waals surface area contributed by atoms with Crippen LogP contribution in [0.15, 0.2) is 48.7 Å². The number of hydrogen-bond acceptors (Lipinski definition) is 3. The van der Waals surface area contributed by atoms with Gasteiger partial charge in [-0.1, -0.05) is 18.2 Å². The van der Waals surface area contributed by atoms with Crippen LogP contribution in [0.5, 0.6) is 0 Å². The minimum atomic E-state index is -2.87. The standard InChI is InChI=1S/C21H22N2O3S/c1-14(24)23-18-4-2-3-16(11-18)17-5-6-21-19(12-17)20(13-22-21)15-7-9-27(25,26)10-8-15/h2-6,11-13,15,22H,7-10H2,1H3,(H,23,24). The van der Waals surface area contributed by atoms with E-state index >= 15 is 0 Å². The molecule has 3 aromatic rings. The molecular weight excluding hydrogens is 360 g/mol. The highest BCUT2D eigenvalue weighted by Crippen LogP contribution is 2.36. The van der Waals surface area contributed by atoms with Crippen molar-refractivity contribution in [2.75, 3.05) is 16.8 Å². The molecule has 5 nitrogen and oxygen atoms in total. The molecule has 0 spiro atoms. The van der Waals surface area contributed by atoms with E-state index in [9.17, 15) is 13.2 Å². The summed E-state index contributed by atoms with van der Waals surface area (Å²) in [5.41, 5.74) is 5.12. The number of rotatable bonds is 3. The molecule has 1 amide bonds. The largest absolute Gasteiger partial charge is 0.361 e. The van der Waals surface area contributed by atoms with Crippen LogP contribution in [-0.2, 0) is 14.6 Å². The molecule has 1 fully saturated rings. The van der Waals surface area contributed by atoms with E-state index in [4.69, 9.17) is 0 Å². The first-order valence-electron chi connectivity index (χ1n) is 9.11. The summed E-state index contributed by atoms with van der Waals surface area (Å²) in [5.74, 6) is 0.706. The smallest absolute Gasteiger partial charge is 0.221 e. The predicted octanol–water partition coefficient (Wildman–Crippen LogP) is 4.09. The first-order chi connectivity index (χ1) is 12.9. The lowest BCUT2D eigenvalue weighted by atomic mass is 9.92. The summed E-state index contributed by atoms with van der Waals surface area (Å²) in [6, 6.07) is 14.0. The fourth-order valence-corrected chi connectivity index (χ4v) is 5.33. The average Bonchev–Trinajstić information content (AvgIpc) is 3.04. The van der Waals surface area contributed by atoms with Gasteiger partial charge < -0.3 is 10.3 Å². The Labute approximate surface area is 158 Å². The molecule has 6 heteroatoms. The van der Waals surface area contributed by atoms with Gasteiger partial charge in [0.05, 0.1) is 11.5 Å². The maximum atomic E-state index is 11.7. The van der Waals surface area contributed by atoms with Gasteiger partial charge in [0, 0.05) is 29.7 Å². The highest BCUT2D eigenvalue weighted by atomic mass is 32.2. The second-order valence-electron chi connectivity index (χ2n) is 7.19. The van der Waals surface area contributed by atoms with E-state index in [2.05, 4.69) is 28.5 Å². The Kier molecular flexibility index (Phi) is 4.52. The van der Waals surface area contributed by atoms with Crippen LogP contribution >= 0.6 is 0 Å². The monoisotopic (exact) mass is 382 g/mol. The molecule has 0 saturated carbocycles. The van der Waals surface area contributed by atoms with E-state index in [0.29, 0.717) is 12.8 Å². The molecule has 140 valence electrons. The summed E-state index contributed by atoms with van der Waals surface area (Å²) in [6.45, 7) is 1.50. The fourth-order valence-electron chi connectivity index (χ4n) is 3.84. The van der Waals surface area contributed by atoms with Gasteiger partial charge in [-0.05, 0) is 59.7 Å². The van der Waals surface area contributed by atoms with E-state index in [1.54, 1.807) is 0 Å². The second kappa shape index (κ2) is 6.85. The quantitative estimate of drug-likeness (QED) is 0.716. The normalized spacial score (nSPS) is 17.1. The lowest BCUT2D eigenvalue weighted by molar-refractivity contribution is -0.114. The Bertz CT molecular complexity index is 1100. The number of aromatic amines is 1. The van der Waals surface area contributed by atoms with Gasteiger partial charge in [0.25, 0.3) is 0 Å². The average molecular weight is 382 g/mol. The van der Waals surface area contributed by atoms with Crippen LogP contribution in [-0.4, -0.2) is 30.8 Å². The zero-order chi connectivity index (χ0) is 19.0. The van der Waals surface area contributed by atoms with Gasteiger partial charge in [-0.3, -0.25) is 4.79 Å². The van der Waals surface area contributed by atoms with E-state index in [1.165, 1.54) is 12.5 Å². The molecule has 0 bridgehead atoms. The highest BCUT2D eigenvalue weighted by Gasteiger charge is 2.26. The summed E-state index contributed by atoms with van der Waals surface area (Å²) >= 11 is 0. The Morgan fingerprint density at radius 3 is 2.56 bits per heavy atom. The molecule has 2 aromatic carbocycles. The molecule has 1 aliphatic heterocycles. The minimum absolute atomic E-state index is 0.0947. The lowest BCUT2D eigenvalue weighted by Crippen LogP contribution is -2.21. The summed E-state index contributed by atoms with van der Waals surface area (Å²) in [6.07, 6.45) is 3.37. The number of sulfone groups is 1. The van der Waals surface area contributed by atoms with E-state index in [1.807, 2.05) is 30.5 Å². The molecule has 2 heterocycles. The molecule has 1 aliphatic rings. The van der Waals surface area contributed by atoms with Gasteiger partial charge >= 0.3 is 0 Å². The number of H-pyrrole nitrogens is 1. The van der Waals surface area contributed by atoms with Gasteiger partial charge in [0.2, 0.25) is 5.91 Å².